The van der Waals surface area contributed by atoms with Crippen LogP contribution in [0.5, 0.6) is 0 Å². The molecule has 0 spiro atoms. The highest BCUT2D eigenvalue weighted by atomic mass is 35.5. The predicted octanol–water partition coefficient (Wildman–Crippen LogP) is 4.30. The lowest BCUT2D eigenvalue weighted by Crippen LogP contribution is -1.95. The average Bonchev–Trinajstić information content (AvgIpc) is 2.96. The number of aliphatic imine (C=N–C) groups is 1. The quantitative estimate of drug-likeness (QED) is 0.811. The monoisotopic (exact) mass is 268 g/mol. The SMILES string of the molecule is Nc1ccc(Cl)c(-c2ccc(C3=NC=CC3)cc2)c1. The molecule has 2 aromatic rings. The highest BCUT2D eigenvalue weighted by Crippen LogP contribution is 2.30. The molecule has 3 rings (SSSR count). The summed E-state index contributed by atoms with van der Waals surface area (Å²) < 4.78 is 0. The van der Waals surface area contributed by atoms with Crippen molar-refractivity contribution in [3.63, 3.8) is 0 Å². The minimum absolute atomic E-state index is 0.710. The highest BCUT2D eigenvalue weighted by molar-refractivity contribution is 6.33. The van der Waals surface area contributed by atoms with Gasteiger partial charge in [0.05, 0.1) is 5.71 Å². The second-order valence-corrected chi connectivity index (χ2v) is 4.89. The summed E-state index contributed by atoms with van der Waals surface area (Å²) in [6.45, 7) is 0. The van der Waals surface area contributed by atoms with Crippen molar-refractivity contribution in [2.75, 3.05) is 5.73 Å². The van der Waals surface area contributed by atoms with Crippen molar-refractivity contribution < 1.29 is 0 Å². The molecule has 1 aliphatic heterocycles. The van der Waals surface area contributed by atoms with E-state index in [2.05, 4.69) is 35.3 Å². The molecule has 0 saturated heterocycles. The van der Waals surface area contributed by atoms with Gasteiger partial charge in [0.2, 0.25) is 0 Å². The van der Waals surface area contributed by atoms with Gasteiger partial charge in [-0.25, -0.2) is 0 Å². The van der Waals surface area contributed by atoms with E-state index in [-0.39, 0.29) is 0 Å². The Kier molecular flexibility index (Phi) is 3.10. The van der Waals surface area contributed by atoms with Gasteiger partial charge in [-0.05, 0) is 29.3 Å². The van der Waals surface area contributed by atoms with E-state index in [0.29, 0.717) is 10.7 Å². The maximum Gasteiger partial charge on any atom is 0.0513 e. The molecule has 94 valence electrons. The molecular formula is C16H13ClN2. The Morgan fingerprint density at radius 2 is 1.74 bits per heavy atom. The first kappa shape index (κ1) is 12.0. The molecule has 2 nitrogen and oxygen atoms in total. The second-order valence-electron chi connectivity index (χ2n) is 4.48. The molecule has 0 saturated carbocycles. The number of rotatable bonds is 2. The van der Waals surface area contributed by atoms with Crippen LogP contribution in [0, 0.1) is 0 Å². The van der Waals surface area contributed by atoms with Gasteiger partial charge in [0, 0.05) is 28.9 Å². The average molecular weight is 269 g/mol. The third kappa shape index (κ3) is 2.40. The zero-order chi connectivity index (χ0) is 13.2. The fourth-order valence-electron chi connectivity index (χ4n) is 2.16. The summed E-state index contributed by atoms with van der Waals surface area (Å²) in [6.07, 6.45) is 4.80. The van der Waals surface area contributed by atoms with E-state index in [1.165, 1.54) is 0 Å². The summed E-state index contributed by atoms with van der Waals surface area (Å²) in [6, 6.07) is 13.8. The van der Waals surface area contributed by atoms with Crippen LogP contribution in [0.4, 0.5) is 5.69 Å². The van der Waals surface area contributed by atoms with Crippen molar-refractivity contribution in [3.8, 4) is 11.1 Å². The fourth-order valence-corrected chi connectivity index (χ4v) is 2.39. The maximum atomic E-state index is 6.21. The van der Waals surface area contributed by atoms with Gasteiger partial charge in [0.1, 0.15) is 0 Å². The van der Waals surface area contributed by atoms with Crippen LogP contribution in [0.2, 0.25) is 5.02 Å². The molecular weight excluding hydrogens is 256 g/mol. The minimum atomic E-state index is 0.710. The Bertz CT molecular complexity index is 670. The van der Waals surface area contributed by atoms with Crippen LogP contribution in [0.25, 0.3) is 11.1 Å². The fraction of sp³-hybridized carbons (Fsp3) is 0.0625. The minimum Gasteiger partial charge on any atom is -0.399 e. The number of anilines is 1. The molecule has 1 aliphatic rings. The molecule has 3 heteroatoms. The van der Waals surface area contributed by atoms with Crippen molar-refractivity contribution in [1.82, 2.24) is 0 Å². The lowest BCUT2D eigenvalue weighted by Gasteiger charge is -2.07. The molecule has 19 heavy (non-hydrogen) atoms. The van der Waals surface area contributed by atoms with Gasteiger partial charge >= 0.3 is 0 Å². The Hall–Kier alpha value is -2.06. The zero-order valence-electron chi connectivity index (χ0n) is 10.3. The number of nitrogens with two attached hydrogens (primary N) is 1. The van der Waals surface area contributed by atoms with E-state index >= 15 is 0 Å². The Labute approximate surface area is 117 Å². The van der Waals surface area contributed by atoms with Crippen molar-refractivity contribution >= 4 is 23.0 Å². The van der Waals surface area contributed by atoms with E-state index in [1.54, 1.807) is 6.07 Å². The summed E-state index contributed by atoms with van der Waals surface area (Å²) in [5.41, 5.74) is 10.8. The first-order valence-electron chi connectivity index (χ1n) is 6.11. The van der Waals surface area contributed by atoms with Crippen molar-refractivity contribution in [3.05, 3.63) is 65.3 Å². The normalized spacial score (nSPS) is 13.6. The van der Waals surface area contributed by atoms with Gasteiger partial charge in [-0.15, -0.1) is 0 Å². The van der Waals surface area contributed by atoms with Crippen LogP contribution in [0.3, 0.4) is 0 Å². The van der Waals surface area contributed by atoms with Crippen LogP contribution < -0.4 is 5.73 Å². The molecule has 2 aromatic carbocycles. The lowest BCUT2D eigenvalue weighted by molar-refractivity contribution is 1.49. The summed E-state index contributed by atoms with van der Waals surface area (Å²) in [5.74, 6) is 0. The maximum absolute atomic E-state index is 6.21. The first-order chi connectivity index (χ1) is 9.24. The van der Waals surface area contributed by atoms with Crippen LogP contribution in [0.1, 0.15) is 12.0 Å². The van der Waals surface area contributed by atoms with Gasteiger partial charge in [-0.1, -0.05) is 41.9 Å². The topological polar surface area (TPSA) is 38.4 Å². The van der Waals surface area contributed by atoms with Crippen molar-refractivity contribution in [2.24, 2.45) is 4.99 Å². The Morgan fingerprint density at radius 1 is 1.00 bits per heavy atom. The number of benzene rings is 2. The summed E-state index contributed by atoms with van der Waals surface area (Å²) in [4.78, 5) is 4.33. The number of allylic oxidation sites excluding steroid dienone is 1. The number of nitrogens with zero attached hydrogens (tertiary/aromatic N) is 1. The summed E-state index contributed by atoms with van der Waals surface area (Å²) in [7, 11) is 0. The Balaban J connectivity index is 1.96. The smallest absolute Gasteiger partial charge is 0.0513 e. The van der Waals surface area contributed by atoms with Gasteiger partial charge < -0.3 is 5.73 Å². The molecule has 2 N–H and O–H groups in total. The van der Waals surface area contributed by atoms with Crippen LogP contribution in [-0.4, -0.2) is 5.71 Å². The largest absolute Gasteiger partial charge is 0.399 e. The molecule has 1 heterocycles. The molecule has 0 aromatic heterocycles. The molecule has 0 fully saturated rings. The van der Waals surface area contributed by atoms with E-state index < -0.39 is 0 Å². The van der Waals surface area contributed by atoms with Gasteiger partial charge in [0.25, 0.3) is 0 Å². The third-order valence-corrected chi connectivity index (χ3v) is 3.50. The number of hydrogen-bond donors (Lipinski definition) is 1. The molecule has 0 unspecified atom stereocenters. The molecule has 0 aliphatic carbocycles. The van der Waals surface area contributed by atoms with Crippen molar-refractivity contribution in [2.45, 2.75) is 6.42 Å². The van der Waals surface area contributed by atoms with Crippen molar-refractivity contribution in [1.29, 1.82) is 0 Å². The van der Waals surface area contributed by atoms with Crippen LogP contribution in [-0.2, 0) is 0 Å². The predicted molar refractivity (Wildman–Crippen MR) is 81.6 cm³/mol. The van der Waals surface area contributed by atoms with Gasteiger partial charge in [-0.3, -0.25) is 4.99 Å². The molecule has 0 radical (unpaired) electrons. The van der Waals surface area contributed by atoms with Crippen LogP contribution in [0.15, 0.2) is 59.7 Å². The molecule has 0 bridgehead atoms. The van der Waals surface area contributed by atoms with Crippen LogP contribution >= 0.6 is 11.6 Å². The summed E-state index contributed by atoms with van der Waals surface area (Å²) >= 11 is 6.21. The standard InChI is InChI=1S/C16H13ClN2/c17-15-8-7-13(18)10-14(15)11-3-5-12(6-4-11)16-2-1-9-19-16/h1,3-10H,2,18H2. The Morgan fingerprint density at radius 3 is 2.42 bits per heavy atom. The van der Waals surface area contributed by atoms with Gasteiger partial charge in [0.15, 0.2) is 0 Å². The van der Waals surface area contributed by atoms with E-state index in [4.69, 9.17) is 17.3 Å². The number of hydrogen-bond acceptors (Lipinski definition) is 2. The first-order valence-corrected chi connectivity index (χ1v) is 6.49. The summed E-state index contributed by atoms with van der Waals surface area (Å²) in [5, 5.41) is 0.710. The lowest BCUT2D eigenvalue weighted by atomic mass is 10.0. The van der Waals surface area contributed by atoms with E-state index in [9.17, 15) is 0 Å². The molecule has 0 amide bonds. The number of nitrogen functional groups attached to an aromatic ring is 1. The van der Waals surface area contributed by atoms with E-state index in [1.807, 2.05) is 18.3 Å². The third-order valence-electron chi connectivity index (χ3n) is 3.17. The zero-order valence-corrected chi connectivity index (χ0v) is 11.1. The number of halogens is 1. The second kappa shape index (κ2) is 4.90. The highest BCUT2D eigenvalue weighted by Gasteiger charge is 2.07. The van der Waals surface area contributed by atoms with Gasteiger partial charge in [-0.2, -0.15) is 0 Å². The van der Waals surface area contributed by atoms with E-state index in [0.717, 1.165) is 28.8 Å². The molecule has 0 atom stereocenters.